The highest BCUT2D eigenvalue weighted by Gasteiger charge is 2.58. The van der Waals surface area contributed by atoms with Crippen LogP contribution in [0, 0.1) is 23.2 Å². The van der Waals surface area contributed by atoms with Crippen LogP contribution in [0.1, 0.15) is 32.1 Å². The molecule has 6 aliphatic rings. The molecule has 2 heterocycles. The van der Waals surface area contributed by atoms with Crippen LogP contribution in [0.5, 0.6) is 0 Å². The third kappa shape index (κ3) is 5.10. The molecule has 5 atom stereocenters. The molecule has 12 heteroatoms. The normalized spacial score (nSPS) is 29.9. The van der Waals surface area contributed by atoms with Crippen LogP contribution in [0.4, 0.5) is 27.5 Å². The molecule has 2 aromatic carbocycles. The highest BCUT2D eigenvalue weighted by molar-refractivity contribution is 7.89. The predicted molar refractivity (Wildman–Crippen MR) is 171 cm³/mol. The zero-order valence-corrected chi connectivity index (χ0v) is 25.9. The molecule has 3 unspecified atom stereocenters. The highest BCUT2D eigenvalue weighted by Crippen LogP contribution is 2.60. The van der Waals surface area contributed by atoms with Crippen molar-refractivity contribution >= 4 is 44.7 Å². The van der Waals surface area contributed by atoms with Crippen molar-refractivity contribution in [2.45, 2.75) is 38.1 Å². The van der Waals surface area contributed by atoms with Gasteiger partial charge in [-0.3, -0.25) is 9.69 Å². The number of hydrogen-bond acceptors (Lipinski definition) is 7. The molecule has 8 rings (SSSR count). The van der Waals surface area contributed by atoms with Gasteiger partial charge in [0.2, 0.25) is 15.9 Å². The van der Waals surface area contributed by atoms with Gasteiger partial charge in [-0.25, -0.2) is 13.2 Å². The van der Waals surface area contributed by atoms with E-state index in [2.05, 4.69) is 45.4 Å². The predicted octanol–water partition coefficient (Wildman–Crippen LogP) is 2.45. The summed E-state index contributed by atoms with van der Waals surface area (Å²) < 4.78 is 26.3. The third-order valence-corrected chi connectivity index (χ3v) is 12.8. The van der Waals surface area contributed by atoms with Crippen LogP contribution in [0.25, 0.3) is 0 Å². The summed E-state index contributed by atoms with van der Waals surface area (Å²) in [4.78, 5) is 32.5. The second kappa shape index (κ2) is 11.2. The Labute approximate surface area is 259 Å². The van der Waals surface area contributed by atoms with E-state index in [0.717, 1.165) is 54.9 Å². The first-order chi connectivity index (χ1) is 21.2. The fourth-order valence-electron chi connectivity index (χ4n) is 8.97. The summed E-state index contributed by atoms with van der Waals surface area (Å²) in [6.45, 7) is 3.52. The van der Waals surface area contributed by atoms with E-state index in [1.807, 2.05) is 23.1 Å². The van der Waals surface area contributed by atoms with Gasteiger partial charge < -0.3 is 26.6 Å². The minimum atomic E-state index is -3.29. The Kier molecular flexibility index (Phi) is 7.49. The first-order valence-corrected chi connectivity index (χ1v) is 17.6. The summed E-state index contributed by atoms with van der Waals surface area (Å²) in [5, 5.41) is 3.41. The van der Waals surface area contributed by atoms with Crippen molar-refractivity contribution in [2.24, 2.45) is 34.6 Å². The molecule has 44 heavy (non-hydrogen) atoms. The number of amides is 3. The number of primary amides is 1. The van der Waals surface area contributed by atoms with E-state index in [9.17, 15) is 18.0 Å². The number of rotatable bonds is 7. The Morgan fingerprint density at radius 2 is 1.48 bits per heavy atom. The Morgan fingerprint density at radius 3 is 2.11 bits per heavy atom. The molecule has 236 valence electrons. The number of nitrogens with one attached hydrogen (secondary N) is 1. The number of piperazine rings is 1. The van der Waals surface area contributed by atoms with Crippen molar-refractivity contribution < 1.29 is 18.0 Å². The topological polar surface area (TPSA) is 145 Å². The maximum Gasteiger partial charge on any atom is 0.322 e. The molecule has 11 nitrogen and oxygen atoms in total. The van der Waals surface area contributed by atoms with Crippen LogP contribution in [-0.4, -0.2) is 82.3 Å². The average Bonchev–Trinajstić information content (AvgIpc) is 3.02. The molecule has 4 saturated carbocycles. The number of sulfonamides is 1. The molecule has 0 spiro atoms. The standard InChI is InChI=1S/C32H43N7O4S/c33-9-16-44(42,43)37-12-10-36(11-13-37)25-5-7-26(8-6-25)38-14-15-39(28-4-2-1-3-27(28)38)31(41)35-29-23-17-22-18-24(29)21-32(19-22,20-23)30(34)40/h1-8,22-24,29H,9-21,33H2,(H2,34,40)(H,35,41)/t22?,23-,24+,29?,32?. The van der Waals surface area contributed by atoms with E-state index in [-0.39, 0.29) is 35.7 Å². The van der Waals surface area contributed by atoms with Gasteiger partial charge in [0.15, 0.2) is 0 Å². The second-order valence-corrected chi connectivity index (χ2v) is 15.5. The summed E-state index contributed by atoms with van der Waals surface area (Å²) in [7, 11) is -3.29. The number of urea groups is 1. The van der Waals surface area contributed by atoms with Crippen LogP contribution in [0.2, 0.25) is 0 Å². The number of benzene rings is 2. The van der Waals surface area contributed by atoms with Gasteiger partial charge >= 0.3 is 6.03 Å². The smallest absolute Gasteiger partial charge is 0.322 e. The van der Waals surface area contributed by atoms with Crippen LogP contribution in [0.15, 0.2) is 48.5 Å². The van der Waals surface area contributed by atoms with Gasteiger partial charge in [-0.2, -0.15) is 4.31 Å². The maximum atomic E-state index is 13.8. The Morgan fingerprint density at radius 1 is 0.841 bits per heavy atom. The van der Waals surface area contributed by atoms with Crippen molar-refractivity contribution in [3.63, 3.8) is 0 Å². The van der Waals surface area contributed by atoms with Crippen LogP contribution in [-0.2, 0) is 14.8 Å². The lowest BCUT2D eigenvalue weighted by atomic mass is 9.47. The number of hydrogen-bond donors (Lipinski definition) is 3. The van der Waals surface area contributed by atoms with Gasteiger partial charge in [-0.05, 0) is 86.3 Å². The molecule has 4 aliphatic carbocycles. The van der Waals surface area contributed by atoms with E-state index in [0.29, 0.717) is 57.0 Å². The van der Waals surface area contributed by atoms with Gasteiger partial charge in [0.25, 0.3) is 0 Å². The number of nitrogens with two attached hydrogens (primary N) is 2. The molecule has 0 radical (unpaired) electrons. The monoisotopic (exact) mass is 621 g/mol. The van der Waals surface area contributed by atoms with E-state index in [1.165, 1.54) is 4.31 Å². The summed E-state index contributed by atoms with van der Waals surface area (Å²) in [6.07, 6.45) is 4.65. The van der Waals surface area contributed by atoms with Gasteiger partial charge in [0.1, 0.15) is 0 Å². The summed E-state index contributed by atoms with van der Waals surface area (Å²) in [5.74, 6) is 0.997. The summed E-state index contributed by atoms with van der Waals surface area (Å²) >= 11 is 0. The largest absolute Gasteiger partial charge is 0.369 e. The molecular weight excluding hydrogens is 578 g/mol. The lowest BCUT2D eigenvalue weighted by Gasteiger charge is -2.59. The van der Waals surface area contributed by atoms with Crippen LogP contribution < -0.4 is 31.5 Å². The van der Waals surface area contributed by atoms with Crippen molar-refractivity contribution in [1.29, 1.82) is 0 Å². The fourth-order valence-corrected chi connectivity index (χ4v) is 10.2. The number of carbonyl (C=O) groups is 2. The van der Waals surface area contributed by atoms with E-state index >= 15 is 0 Å². The van der Waals surface area contributed by atoms with E-state index < -0.39 is 10.0 Å². The molecule has 4 bridgehead atoms. The lowest BCUT2D eigenvalue weighted by Crippen LogP contribution is -2.63. The first-order valence-electron chi connectivity index (χ1n) is 15.9. The van der Waals surface area contributed by atoms with Crippen molar-refractivity contribution in [3.8, 4) is 0 Å². The Balaban J connectivity index is 1.03. The number of anilines is 4. The summed E-state index contributed by atoms with van der Waals surface area (Å²) in [5.41, 5.74) is 15.0. The second-order valence-electron chi connectivity index (χ2n) is 13.4. The van der Waals surface area contributed by atoms with E-state index in [1.54, 1.807) is 0 Å². The lowest BCUT2D eigenvalue weighted by molar-refractivity contribution is -0.145. The van der Waals surface area contributed by atoms with Crippen molar-refractivity contribution in [1.82, 2.24) is 9.62 Å². The van der Waals surface area contributed by atoms with Crippen molar-refractivity contribution in [3.05, 3.63) is 48.5 Å². The first kappa shape index (κ1) is 29.4. The molecule has 2 aliphatic heterocycles. The number of para-hydroxylation sites is 2. The zero-order chi connectivity index (χ0) is 30.6. The molecule has 5 N–H and O–H groups in total. The number of carbonyl (C=O) groups excluding carboxylic acids is 2. The molecular formula is C32H43N7O4S. The third-order valence-electron chi connectivity index (χ3n) is 10.9. The average molecular weight is 622 g/mol. The molecule has 3 amide bonds. The SMILES string of the molecule is NCCS(=O)(=O)N1CCN(c2ccc(N3CCN(C(=O)NC4[C@@H]5CC6C[C@H]4CC(C(N)=O)(C6)C5)c4ccccc43)cc2)CC1. The van der Waals surface area contributed by atoms with Gasteiger partial charge in [-0.15, -0.1) is 0 Å². The quantitative estimate of drug-likeness (QED) is 0.431. The Hall–Kier alpha value is -3.35. The zero-order valence-electron chi connectivity index (χ0n) is 25.1. The number of nitrogens with zero attached hydrogens (tertiary/aromatic N) is 4. The van der Waals surface area contributed by atoms with E-state index in [4.69, 9.17) is 11.5 Å². The minimum Gasteiger partial charge on any atom is -0.369 e. The Bertz CT molecular complexity index is 1510. The van der Waals surface area contributed by atoms with Crippen LogP contribution >= 0.6 is 0 Å². The fraction of sp³-hybridized carbons (Fsp3) is 0.562. The van der Waals surface area contributed by atoms with Crippen molar-refractivity contribution in [2.75, 3.05) is 66.3 Å². The summed E-state index contributed by atoms with van der Waals surface area (Å²) in [6, 6.07) is 16.4. The molecule has 1 saturated heterocycles. The number of fused-ring (bicyclic) bond motifs is 1. The molecule has 0 aromatic heterocycles. The minimum absolute atomic E-state index is 0.0162. The maximum absolute atomic E-state index is 13.8. The molecule has 5 fully saturated rings. The van der Waals surface area contributed by atoms with Gasteiger partial charge in [-0.1, -0.05) is 12.1 Å². The molecule has 2 aromatic rings. The highest BCUT2D eigenvalue weighted by atomic mass is 32.2. The van der Waals surface area contributed by atoms with Crippen LogP contribution in [0.3, 0.4) is 0 Å². The van der Waals surface area contributed by atoms with Gasteiger partial charge in [0, 0.05) is 68.6 Å². The van der Waals surface area contributed by atoms with Gasteiger partial charge in [0.05, 0.1) is 17.1 Å².